The van der Waals surface area contributed by atoms with E-state index in [1.807, 2.05) is 12.1 Å². The number of rotatable bonds is 7. The molecule has 0 spiro atoms. The summed E-state index contributed by atoms with van der Waals surface area (Å²) in [4.78, 5) is 0. The molecule has 2 N–H and O–H groups in total. The molecule has 0 aliphatic carbocycles. The van der Waals surface area contributed by atoms with Gasteiger partial charge in [-0.15, -0.1) is 0 Å². The molecule has 0 aromatic heterocycles. The van der Waals surface area contributed by atoms with E-state index < -0.39 is 0 Å². The van der Waals surface area contributed by atoms with Crippen molar-refractivity contribution in [3.05, 3.63) is 65.7 Å². The first-order valence-corrected chi connectivity index (χ1v) is 8.04. The molecular formula is C20H27NO. The van der Waals surface area contributed by atoms with Crippen molar-refractivity contribution in [2.75, 3.05) is 13.2 Å². The Balaban J connectivity index is 2.04. The van der Waals surface area contributed by atoms with Gasteiger partial charge in [-0.25, -0.2) is 0 Å². The standard InChI is InChI=1S/C20H27NO/c1-16(2)18-11-7-8-12-19(18)22-14-13-20(3,15-21)17-9-5-4-6-10-17/h4-12,16H,13-15,21H2,1-3H3. The first-order chi connectivity index (χ1) is 10.6. The van der Waals surface area contributed by atoms with Gasteiger partial charge in [0, 0.05) is 12.0 Å². The average molecular weight is 297 g/mol. The summed E-state index contributed by atoms with van der Waals surface area (Å²) in [6, 6.07) is 18.8. The molecule has 1 unspecified atom stereocenters. The lowest BCUT2D eigenvalue weighted by atomic mass is 9.80. The average Bonchev–Trinajstić information content (AvgIpc) is 2.55. The zero-order valence-corrected chi connectivity index (χ0v) is 13.9. The molecule has 0 aliphatic rings. The molecule has 1 atom stereocenters. The molecule has 0 saturated carbocycles. The van der Waals surface area contributed by atoms with Crippen molar-refractivity contribution in [1.82, 2.24) is 0 Å². The zero-order chi connectivity index (χ0) is 16.0. The Morgan fingerprint density at radius 2 is 1.64 bits per heavy atom. The fourth-order valence-electron chi connectivity index (χ4n) is 2.68. The molecule has 0 radical (unpaired) electrons. The van der Waals surface area contributed by atoms with Crippen LogP contribution in [0.15, 0.2) is 54.6 Å². The predicted molar refractivity (Wildman–Crippen MR) is 93.5 cm³/mol. The van der Waals surface area contributed by atoms with Crippen molar-refractivity contribution in [3.8, 4) is 5.75 Å². The highest BCUT2D eigenvalue weighted by molar-refractivity contribution is 5.35. The fourth-order valence-corrected chi connectivity index (χ4v) is 2.68. The van der Waals surface area contributed by atoms with Crippen LogP contribution in [0, 0.1) is 0 Å². The van der Waals surface area contributed by atoms with Crippen molar-refractivity contribution in [1.29, 1.82) is 0 Å². The fraction of sp³-hybridized carbons (Fsp3) is 0.400. The van der Waals surface area contributed by atoms with E-state index in [9.17, 15) is 0 Å². The molecule has 2 aromatic rings. The highest BCUT2D eigenvalue weighted by atomic mass is 16.5. The zero-order valence-electron chi connectivity index (χ0n) is 13.9. The summed E-state index contributed by atoms with van der Waals surface area (Å²) in [5, 5.41) is 0. The minimum absolute atomic E-state index is 0.0476. The quantitative estimate of drug-likeness (QED) is 0.817. The van der Waals surface area contributed by atoms with Gasteiger partial charge < -0.3 is 10.5 Å². The van der Waals surface area contributed by atoms with E-state index in [0.717, 1.165) is 12.2 Å². The van der Waals surface area contributed by atoms with Gasteiger partial charge in [0.05, 0.1) is 6.61 Å². The number of ether oxygens (including phenoxy) is 1. The first-order valence-electron chi connectivity index (χ1n) is 8.04. The maximum atomic E-state index is 6.06. The van der Waals surface area contributed by atoms with Gasteiger partial charge in [0.2, 0.25) is 0 Å². The Hall–Kier alpha value is -1.80. The van der Waals surface area contributed by atoms with Crippen molar-refractivity contribution < 1.29 is 4.74 Å². The summed E-state index contributed by atoms with van der Waals surface area (Å²) in [5.41, 5.74) is 8.53. The minimum Gasteiger partial charge on any atom is -0.493 e. The van der Waals surface area contributed by atoms with E-state index in [2.05, 4.69) is 63.2 Å². The first kappa shape index (κ1) is 16.6. The van der Waals surface area contributed by atoms with Crippen LogP contribution in [0.25, 0.3) is 0 Å². The summed E-state index contributed by atoms with van der Waals surface area (Å²) in [7, 11) is 0. The predicted octanol–water partition coefficient (Wildman–Crippen LogP) is 4.50. The van der Waals surface area contributed by atoms with Gasteiger partial charge in [-0.05, 0) is 29.5 Å². The van der Waals surface area contributed by atoms with E-state index >= 15 is 0 Å². The third kappa shape index (κ3) is 3.89. The van der Waals surface area contributed by atoms with E-state index in [4.69, 9.17) is 10.5 Å². The summed E-state index contributed by atoms with van der Waals surface area (Å²) in [6.45, 7) is 7.88. The van der Waals surface area contributed by atoms with Crippen molar-refractivity contribution in [3.63, 3.8) is 0 Å². The van der Waals surface area contributed by atoms with Crippen molar-refractivity contribution >= 4 is 0 Å². The minimum atomic E-state index is -0.0476. The van der Waals surface area contributed by atoms with Gasteiger partial charge in [-0.3, -0.25) is 0 Å². The third-order valence-corrected chi connectivity index (χ3v) is 4.37. The highest BCUT2D eigenvalue weighted by Gasteiger charge is 2.24. The molecule has 2 nitrogen and oxygen atoms in total. The molecule has 0 bridgehead atoms. The second kappa shape index (κ2) is 7.46. The molecule has 2 aromatic carbocycles. The molecule has 22 heavy (non-hydrogen) atoms. The Labute approximate surface area is 134 Å². The van der Waals surface area contributed by atoms with Gasteiger partial charge in [0.25, 0.3) is 0 Å². The summed E-state index contributed by atoms with van der Waals surface area (Å²) < 4.78 is 6.06. The molecule has 2 rings (SSSR count). The number of benzene rings is 2. The maximum Gasteiger partial charge on any atom is 0.122 e. The largest absolute Gasteiger partial charge is 0.493 e. The van der Waals surface area contributed by atoms with E-state index in [1.54, 1.807) is 0 Å². The van der Waals surface area contributed by atoms with Crippen LogP contribution in [0.1, 0.15) is 44.2 Å². The van der Waals surface area contributed by atoms with Crippen LogP contribution in [0.5, 0.6) is 5.75 Å². The van der Waals surface area contributed by atoms with Gasteiger partial charge in [0.15, 0.2) is 0 Å². The summed E-state index contributed by atoms with van der Waals surface area (Å²) >= 11 is 0. The Morgan fingerprint density at radius 1 is 1.00 bits per heavy atom. The Bertz CT molecular complexity index is 579. The van der Waals surface area contributed by atoms with Crippen LogP contribution in [-0.2, 0) is 5.41 Å². The Kier molecular flexibility index (Phi) is 5.62. The van der Waals surface area contributed by atoms with Crippen LogP contribution in [-0.4, -0.2) is 13.2 Å². The number of nitrogens with two attached hydrogens (primary N) is 1. The van der Waals surface area contributed by atoms with Crippen molar-refractivity contribution in [2.24, 2.45) is 5.73 Å². The smallest absolute Gasteiger partial charge is 0.122 e. The molecule has 0 amide bonds. The highest BCUT2D eigenvalue weighted by Crippen LogP contribution is 2.29. The SMILES string of the molecule is CC(C)c1ccccc1OCCC(C)(CN)c1ccccc1. The molecule has 118 valence electrons. The lowest BCUT2D eigenvalue weighted by Crippen LogP contribution is -2.33. The molecule has 0 fully saturated rings. The van der Waals surface area contributed by atoms with E-state index in [0.29, 0.717) is 19.1 Å². The van der Waals surface area contributed by atoms with Gasteiger partial charge in [-0.2, -0.15) is 0 Å². The topological polar surface area (TPSA) is 35.2 Å². The number of hydrogen-bond donors (Lipinski definition) is 1. The summed E-state index contributed by atoms with van der Waals surface area (Å²) in [5.74, 6) is 1.45. The van der Waals surface area contributed by atoms with Gasteiger partial charge in [0.1, 0.15) is 5.75 Å². The maximum absolute atomic E-state index is 6.06. The molecule has 0 saturated heterocycles. The second-order valence-electron chi connectivity index (χ2n) is 6.42. The molecule has 0 heterocycles. The molecule has 2 heteroatoms. The summed E-state index contributed by atoms with van der Waals surface area (Å²) in [6.07, 6.45) is 0.903. The van der Waals surface area contributed by atoms with Gasteiger partial charge in [-0.1, -0.05) is 69.3 Å². The number of hydrogen-bond acceptors (Lipinski definition) is 2. The lowest BCUT2D eigenvalue weighted by Gasteiger charge is -2.29. The third-order valence-electron chi connectivity index (χ3n) is 4.37. The van der Waals surface area contributed by atoms with Crippen LogP contribution >= 0.6 is 0 Å². The van der Waals surface area contributed by atoms with E-state index in [1.165, 1.54) is 11.1 Å². The van der Waals surface area contributed by atoms with Crippen molar-refractivity contribution in [2.45, 2.75) is 38.5 Å². The van der Waals surface area contributed by atoms with Crippen LogP contribution in [0.4, 0.5) is 0 Å². The van der Waals surface area contributed by atoms with Crippen LogP contribution in [0.2, 0.25) is 0 Å². The lowest BCUT2D eigenvalue weighted by molar-refractivity contribution is 0.264. The normalized spacial score (nSPS) is 13.9. The Morgan fingerprint density at radius 3 is 2.27 bits per heavy atom. The second-order valence-corrected chi connectivity index (χ2v) is 6.42. The number of para-hydroxylation sites is 1. The van der Waals surface area contributed by atoms with E-state index in [-0.39, 0.29) is 5.41 Å². The van der Waals surface area contributed by atoms with Crippen LogP contribution < -0.4 is 10.5 Å². The molecule has 0 aliphatic heterocycles. The monoisotopic (exact) mass is 297 g/mol. The van der Waals surface area contributed by atoms with Gasteiger partial charge >= 0.3 is 0 Å². The van der Waals surface area contributed by atoms with Crippen LogP contribution in [0.3, 0.4) is 0 Å². The molecular weight excluding hydrogens is 270 g/mol.